The molecule has 0 aromatic heterocycles. The van der Waals surface area contributed by atoms with Crippen molar-refractivity contribution in [1.82, 2.24) is 0 Å². The fraction of sp³-hybridized carbons (Fsp3) is 0.200. The SMILES string of the molecule is C=C(OC)c1ccc(SC)c(F)c1. The van der Waals surface area contributed by atoms with Crippen molar-refractivity contribution in [1.29, 1.82) is 0 Å². The molecular formula is C10H11FOS. The first-order valence-electron chi connectivity index (χ1n) is 3.76. The molecule has 0 aliphatic carbocycles. The minimum atomic E-state index is -0.233. The lowest BCUT2D eigenvalue weighted by Gasteiger charge is -2.05. The monoisotopic (exact) mass is 198 g/mol. The van der Waals surface area contributed by atoms with Crippen LogP contribution in [-0.2, 0) is 4.74 Å². The molecule has 70 valence electrons. The Morgan fingerprint density at radius 1 is 1.54 bits per heavy atom. The van der Waals surface area contributed by atoms with E-state index in [1.54, 1.807) is 12.1 Å². The zero-order chi connectivity index (χ0) is 9.84. The average molecular weight is 198 g/mol. The molecule has 0 fully saturated rings. The fourth-order valence-corrected chi connectivity index (χ4v) is 1.42. The minimum absolute atomic E-state index is 0.233. The summed E-state index contributed by atoms with van der Waals surface area (Å²) in [4.78, 5) is 0.632. The second-order valence-corrected chi connectivity index (χ2v) is 3.32. The van der Waals surface area contributed by atoms with Crippen LogP contribution in [0.5, 0.6) is 0 Å². The van der Waals surface area contributed by atoms with Gasteiger partial charge in [-0.3, -0.25) is 0 Å². The molecule has 1 rings (SSSR count). The van der Waals surface area contributed by atoms with Crippen LogP contribution in [0.2, 0.25) is 0 Å². The predicted molar refractivity (Wildman–Crippen MR) is 54.2 cm³/mol. The van der Waals surface area contributed by atoms with Crippen LogP contribution in [0.3, 0.4) is 0 Å². The highest BCUT2D eigenvalue weighted by molar-refractivity contribution is 7.98. The number of hydrogen-bond donors (Lipinski definition) is 0. The van der Waals surface area contributed by atoms with E-state index >= 15 is 0 Å². The average Bonchev–Trinajstić information content (AvgIpc) is 2.16. The molecule has 0 N–H and O–H groups in total. The molecule has 0 bridgehead atoms. The molecule has 1 aromatic carbocycles. The van der Waals surface area contributed by atoms with E-state index < -0.39 is 0 Å². The summed E-state index contributed by atoms with van der Waals surface area (Å²) in [5, 5.41) is 0. The van der Waals surface area contributed by atoms with Gasteiger partial charge in [-0.25, -0.2) is 4.39 Å². The Kier molecular flexibility index (Phi) is 3.37. The lowest BCUT2D eigenvalue weighted by Crippen LogP contribution is -1.88. The molecule has 1 aromatic rings. The number of benzene rings is 1. The van der Waals surface area contributed by atoms with E-state index in [9.17, 15) is 4.39 Å². The Morgan fingerprint density at radius 3 is 2.69 bits per heavy atom. The van der Waals surface area contributed by atoms with Crippen molar-refractivity contribution in [2.75, 3.05) is 13.4 Å². The van der Waals surface area contributed by atoms with Gasteiger partial charge in [0.25, 0.3) is 0 Å². The minimum Gasteiger partial charge on any atom is -0.497 e. The van der Waals surface area contributed by atoms with Gasteiger partial charge in [-0.1, -0.05) is 6.58 Å². The lowest BCUT2D eigenvalue weighted by atomic mass is 10.2. The standard InChI is InChI=1S/C10H11FOS/c1-7(12-2)8-4-5-10(13-3)9(11)6-8/h4-6H,1H2,2-3H3. The Labute approximate surface area is 81.6 Å². The van der Waals surface area contributed by atoms with Gasteiger partial charge in [0.05, 0.1) is 7.11 Å². The maximum absolute atomic E-state index is 13.2. The highest BCUT2D eigenvalue weighted by atomic mass is 32.2. The van der Waals surface area contributed by atoms with Crippen molar-refractivity contribution in [2.24, 2.45) is 0 Å². The van der Waals surface area contributed by atoms with E-state index in [0.29, 0.717) is 16.2 Å². The smallest absolute Gasteiger partial charge is 0.137 e. The third-order valence-electron chi connectivity index (χ3n) is 1.72. The first kappa shape index (κ1) is 10.1. The molecule has 0 saturated carbocycles. The third kappa shape index (κ3) is 2.25. The number of halogens is 1. The van der Waals surface area contributed by atoms with Crippen LogP contribution < -0.4 is 0 Å². The normalized spacial score (nSPS) is 9.77. The summed E-state index contributed by atoms with van der Waals surface area (Å²) >= 11 is 1.38. The van der Waals surface area contributed by atoms with Crippen LogP contribution in [0.25, 0.3) is 5.76 Å². The molecular weight excluding hydrogens is 187 g/mol. The topological polar surface area (TPSA) is 9.23 Å². The summed E-state index contributed by atoms with van der Waals surface area (Å²) in [7, 11) is 1.52. The number of rotatable bonds is 3. The van der Waals surface area contributed by atoms with Crippen LogP contribution in [0.1, 0.15) is 5.56 Å². The number of thioether (sulfide) groups is 1. The molecule has 0 saturated heterocycles. The van der Waals surface area contributed by atoms with Crippen molar-refractivity contribution in [2.45, 2.75) is 4.90 Å². The largest absolute Gasteiger partial charge is 0.497 e. The molecule has 0 atom stereocenters. The van der Waals surface area contributed by atoms with E-state index in [1.165, 1.54) is 24.9 Å². The van der Waals surface area contributed by atoms with E-state index in [2.05, 4.69) is 6.58 Å². The summed E-state index contributed by atoms with van der Waals surface area (Å²) in [5.41, 5.74) is 0.679. The van der Waals surface area contributed by atoms with Crippen LogP contribution in [0, 0.1) is 5.82 Å². The summed E-state index contributed by atoms with van der Waals surface area (Å²) in [6.45, 7) is 3.64. The second-order valence-electron chi connectivity index (χ2n) is 2.48. The first-order valence-corrected chi connectivity index (χ1v) is 4.98. The van der Waals surface area contributed by atoms with Crippen molar-refractivity contribution in [3.8, 4) is 0 Å². The zero-order valence-corrected chi connectivity index (χ0v) is 8.45. The molecule has 0 radical (unpaired) electrons. The van der Waals surface area contributed by atoms with Crippen molar-refractivity contribution >= 4 is 17.5 Å². The Bertz CT molecular complexity index is 323. The summed E-state index contributed by atoms with van der Waals surface area (Å²) < 4.78 is 18.1. The van der Waals surface area contributed by atoms with Crippen molar-refractivity contribution in [3.63, 3.8) is 0 Å². The predicted octanol–water partition coefficient (Wildman–Crippen LogP) is 3.16. The summed E-state index contributed by atoms with van der Waals surface area (Å²) in [6, 6.07) is 4.94. The molecule has 0 aliphatic rings. The molecule has 3 heteroatoms. The second kappa shape index (κ2) is 4.33. The van der Waals surface area contributed by atoms with Gasteiger partial charge in [0.15, 0.2) is 0 Å². The van der Waals surface area contributed by atoms with E-state index in [1.807, 2.05) is 6.26 Å². The van der Waals surface area contributed by atoms with Gasteiger partial charge in [0.2, 0.25) is 0 Å². The van der Waals surface area contributed by atoms with Crippen molar-refractivity contribution in [3.05, 3.63) is 36.2 Å². The number of methoxy groups -OCH3 is 1. The van der Waals surface area contributed by atoms with Crippen molar-refractivity contribution < 1.29 is 9.13 Å². The summed E-state index contributed by atoms with van der Waals surface area (Å²) in [5.74, 6) is 0.245. The Hall–Kier alpha value is -0.960. The molecule has 0 spiro atoms. The highest BCUT2D eigenvalue weighted by Gasteiger charge is 2.04. The highest BCUT2D eigenvalue weighted by Crippen LogP contribution is 2.22. The first-order chi connectivity index (χ1) is 6.19. The molecule has 1 nitrogen and oxygen atoms in total. The zero-order valence-electron chi connectivity index (χ0n) is 7.63. The van der Waals surface area contributed by atoms with Gasteiger partial charge >= 0.3 is 0 Å². The van der Waals surface area contributed by atoms with E-state index in [-0.39, 0.29) is 5.82 Å². The molecule has 0 amide bonds. The van der Waals surface area contributed by atoms with Gasteiger partial charge in [-0.2, -0.15) is 0 Å². The Balaban J connectivity index is 3.02. The van der Waals surface area contributed by atoms with Gasteiger partial charge in [0.1, 0.15) is 11.6 Å². The number of ether oxygens (including phenoxy) is 1. The van der Waals surface area contributed by atoms with E-state index in [0.717, 1.165) is 0 Å². The Morgan fingerprint density at radius 2 is 2.23 bits per heavy atom. The maximum atomic E-state index is 13.2. The van der Waals surface area contributed by atoms with Crippen LogP contribution in [0.15, 0.2) is 29.7 Å². The lowest BCUT2D eigenvalue weighted by molar-refractivity contribution is 0.371. The van der Waals surface area contributed by atoms with Gasteiger partial charge in [0, 0.05) is 10.5 Å². The van der Waals surface area contributed by atoms with Crippen LogP contribution >= 0.6 is 11.8 Å². The molecule has 0 aliphatic heterocycles. The van der Waals surface area contributed by atoms with Gasteiger partial charge in [-0.05, 0) is 24.5 Å². The maximum Gasteiger partial charge on any atom is 0.137 e. The quantitative estimate of drug-likeness (QED) is 0.545. The van der Waals surface area contributed by atoms with Gasteiger partial charge in [-0.15, -0.1) is 11.8 Å². The van der Waals surface area contributed by atoms with E-state index in [4.69, 9.17) is 4.74 Å². The third-order valence-corrected chi connectivity index (χ3v) is 2.49. The summed E-state index contributed by atoms with van der Waals surface area (Å²) in [6.07, 6.45) is 1.84. The van der Waals surface area contributed by atoms with Crippen LogP contribution in [0.4, 0.5) is 4.39 Å². The number of hydrogen-bond acceptors (Lipinski definition) is 2. The molecule has 0 heterocycles. The molecule has 13 heavy (non-hydrogen) atoms. The van der Waals surface area contributed by atoms with Gasteiger partial charge < -0.3 is 4.74 Å². The molecule has 0 unspecified atom stereocenters. The van der Waals surface area contributed by atoms with Crippen LogP contribution in [-0.4, -0.2) is 13.4 Å². The fourth-order valence-electron chi connectivity index (χ4n) is 0.958.